The highest BCUT2D eigenvalue weighted by atomic mass is 35.5. The Morgan fingerprint density at radius 3 is 2.88 bits per heavy atom. The monoisotopic (exact) mass is 346 g/mol. The van der Waals surface area contributed by atoms with Gasteiger partial charge in [0.1, 0.15) is 0 Å². The summed E-state index contributed by atoms with van der Waals surface area (Å²) in [6.45, 7) is 1.40. The number of carbonyl (C=O) groups excluding carboxylic acids is 1. The first kappa shape index (κ1) is 17.3. The van der Waals surface area contributed by atoms with E-state index in [1.807, 2.05) is 29.2 Å². The van der Waals surface area contributed by atoms with E-state index in [4.69, 9.17) is 21.6 Å². The van der Waals surface area contributed by atoms with Crippen molar-refractivity contribution in [1.82, 2.24) is 4.90 Å². The Morgan fingerprint density at radius 1 is 1.38 bits per heavy atom. The quantitative estimate of drug-likeness (QED) is 0.840. The van der Waals surface area contributed by atoms with Crippen LogP contribution in [0.2, 0.25) is 5.02 Å². The van der Waals surface area contributed by atoms with Crippen molar-refractivity contribution in [3.63, 3.8) is 0 Å². The van der Waals surface area contributed by atoms with Crippen LogP contribution in [0.25, 0.3) is 0 Å². The highest BCUT2D eigenvalue weighted by Gasteiger charge is 2.43. The number of carbonyl (C=O) groups is 1. The van der Waals surface area contributed by atoms with Gasteiger partial charge in [-0.2, -0.15) is 5.26 Å². The number of hydrogen-bond acceptors (Lipinski definition) is 3. The van der Waals surface area contributed by atoms with Gasteiger partial charge in [0.2, 0.25) is 5.91 Å². The zero-order valence-electron chi connectivity index (χ0n) is 13.8. The Kier molecular flexibility index (Phi) is 5.43. The van der Waals surface area contributed by atoms with Gasteiger partial charge in [-0.05, 0) is 37.0 Å². The molecule has 1 aliphatic carbocycles. The molecule has 0 N–H and O–H groups in total. The number of amides is 1. The van der Waals surface area contributed by atoms with Gasteiger partial charge in [0, 0.05) is 11.6 Å². The van der Waals surface area contributed by atoms with Crippen molar-refractivity contribution in [3.8, 4) is 6.07 Å². The fraction of sp³-hybridized carbons (Fsp3) is 0.579. The predicted molar refractivity (Wildman–Crippen MR) is 92.6 cm³/mol. The zero-order chi connectivity index (χ0) is 17.0. The zero-order valence-corrected chi connectivity index (χ0v) is 14.6. The van der Waals surface area contributed by atoms with Gasteiger partial charge in [-0.15, -0.1) is 0 Å². The van der Waals surface area contributed by atoms with Gasteiger partial charge >= 0.3 is 0 Å². The topological polar surface area (TPSA) is 53.3 Å². The van der Waals surface area contributed by atoms with E-state index in [0.717, 1.165) is 37.7 Å². The molecule has 1 aliphatic heterocycles. The molecule has 128 valence electrons. The van der Waals surface area contributed by atoms with Crippen molar-refractivity contribution in [3.05, 3.63) is 34.9 Å². The first-order chi connectivity index (χ1) is 11.6. The Hall–Kier alpha value is -1.57. The summed E-state index contributed by atoms with van der Waals surface area (Å²) in [4.78, 5) is 15.2. The summed E-state index contributed by atoms with van der Waals surface area (Å²) >= 11 is 6.13. The summed E-state index contributed by atoms with van der Waals surface area (Å²) in [6.07, 6.45) is 5.39. The Morgan fingerprint density at radius 2 is 2.17 bits per heavy atom. The van der Waals surface area contributed by atoms with Crippen LogP contribution in [0.5, 0.6) is 0 Å². The van der Waals surface area contributed by atoms with Crippen LogP contribution in [-0.4, -0.2) is 36.6 Å². The number of nitrogens with zero attached hydrogens (tertiary/aromatic N) is 2. The molecular weight excluding hydrogens is 324 g/mol. The molecule has 4 nitrogen and oxygen atoms in total. The molecule has 0 radical (unpaired) electrons. The Balaban J connectivity index is 1.82. The van der Waals surface area contributed by atoms with Gasteiger partial charge in [-0.25, -0.2) is 0 Å². The molecule has 1 saturated carbocycles. The molecule has 0 spiro atoms. The molecule has 1 atom stereocenters. The van der Waals surface area contributed by atoms with Crippen molar-refractivity contribution in [2.45, 2.75) is 44.6 Å². The number of halogens is 1. The first-order valence-corrected chi connectivity index (χ1v) is 9.06. The third kappa shape index (κ3) is 3.74. The summed E-state index contributed by atoms with van der Waals surface area (Å²) in [5.41, 5.74) is 0.753. The number of benzene rings is 1. The maximum Gasteiger partial charge on any atom is 0.229 e. The lowest BCUT2D eigenvalue weighted by Crippen LogP contribution is -2.52. The molecule has 24 heavy (non-hydrogen) atoms. The minimum absolute atomic E-state index is 0.186. The molecule has 2 fully saturated rings. The molecule has 0 bridgehead atoms. The molecule has 3 rings (SSSR count). The lowest BCUT2D eigenvalue weighted by Gasteiger charge is -2.42. The third-order valence-electron chi connectivity index (χ3n) is 5.19. The third-order valence-corrected chi connectivity index (χ3v) is 5.43. The second kappa shape index (κ2) is 7.55. The highest BCUT2D eigenvalue weighted by Crippen LogP contribution is 2.41. The molecule has 1 heterocycles. The fourth-order valence-corrected chi connectivity index (χ4v) is 4.19. The summed E-state index contributed by atoms with van der Waals surface area (Å²) < 4.78 is 5.39. The van der Waals surface area contributed by atoms with Crippen LogP contribution < -0.4 is 0 Å². The van der Waals surface area contributed by atoms with Crippen molar-refractivity contribution in [1.29, 1.82) is 5.26 Å². The van der Waals surface area contributed by atoms with E-state index < -0.39 is 6.10 Å². The van der Waals surface area contributed by atoms with E-state index in [-0.39, 0.29) is 11.3 Å². The Bertz CT molecular complexity index is 634. The van der Waals surface area contributed by atoms with E-state index in [1.54, 1.807) is 0 Å². The number of nitriles is 1. The van der Waals surface area contributed by atoms with Crippen LogP contribution in [0.4, 0.5) is 0 Å². The molecule has 1 aromatic carbocycles. The second-order valence-electron chi connectivity index (χ2n) is 6.89. The van der Waals surface area contributed by atoms with Gasteiger partial charge in [0.15, 0.2) is 6.10 Å². The molecule has 1 amide bonds. The van der Waals surface area contributed by atoms with Crippen LogP contribution in [-0.2, 0) is 16.0 Å². The summed E-state index contributed by atoms with van der Waals surface area (Å²) in [6, 6.07) is 9.94. The Labute approximate surface area is 148 Å². The second-order valence-corrected chi connectivity index (χ2v) is 7.32. The summed E-state index contributed by atoms with van der Waals surface area (Å²) in [5, 5.41) is 9.81. The molecule has 5 heteroatoms. The predicted octanol–water partition coefficient (Wildman–Crippen LogP) is 3.58. The van der Waals surface area contributed by atoms with Crippen molar-refractivity contribution < 1.29 is 9.53 Å². The highest BCUT2D eigenvalue weighted by molar-refractivity contribution is 6.30. The van der Waals surface area contributed by atoms with Gasteiger partial charge in [0.05, 0.1) is 24.6 Å². The normalized spacial score (nSPS) is 23.5. The lowest BCUT2D eigenvalue weighted by atomic mass is 9.69. The molecule has 2 aliphatic rings. The number of ether oxygens (including phenoxy) is 1. The maximum atomic E-state index is 13.4. The van der Waals surface area contributed by atoms with Crippen LogP contribution in [0, 0.1) is 16.7 Å². The van der Waals surface area contributed by atoms with Gasteiger partial charge in [0.25, 0.3) is 0 Å². The lowest BCUT2D eigenvalue weighted by molar-refractivity contribution is -0.150. The van der Waals surface area contributed by atoms with Crippen LogP contribution >= 0.6 is 11.6 Å². The standard InChI is InChI=1S/C19H23ClN2O2/c20-16-6-4-5-15(11-16)12-19(7-2-1-3-8-19)18(23)22-9-10-24-17(13-21)14-22/h4-6,11,17H,1-3,7-10,12,14H2. The maximum absolute atomic E-state index is 13.4. The van der Waals surface area contributed by atoms with E-state index in [2.05, 4.69) is 6.07 Å². The largest absolute Gasteiger partial charge is 0.360 e. The van der Waals surface area contributed by atoms with Gasteiger partial charge in [-0.3, -0.25) is 4.79 Å². The van der Waals surface area contributed by atoms with E-state index in [0.29, 0.717) is 24.7 Å². The summed E-state index contributed by atoms with van der Waals surface area (Å²) in [7, 11) is 0. The SMILES string of the molecule is N#CC1CN(C(=O)C2(Cc3cccc(Cl)c3)CCCCC2)CCO1. The van der Waals surface area contributed by atoms with Crippen molar-refractivity contribution in [2.75, 3.05) is 19.7 Å². The fourth-order valence-electron chi connectivity index (χ4n) is 3.98. The van der Waals surface area contributed by atoms with Gasteiger partial charge < -0.3 is 9.64 Å². The van der Waals surface area contributed by atoms with Crippen LogP contribution in [0.1, 0.15) is 37.7 Å². The van der Waals surface area contributed by atoms with Crippen molar-refractivity contribution >= 4 is 17.5 Å². The summed E-state index contributed by atoms with van der Waals surface area (Å²) in [5.74, 6) is 0.186. The minimum Gasteiger partial charge on any atom is -0.360 e. The molecule has 1 unspecified atom stereocenters. The van der Waals surface area contributed by atoms with E-state index >= 15 is 0 Å². The van der Waals surface area contributed by atoms with Gasteiger partial charge in [-0.1, -0.05) is 43.0 Å². The number of morpholine rings is 1. The minimum atomic E-state index is -0.505. The average Bonchev–Trinajstić information content (AvgIpc) is 2.62. The number of hydrogen-bond donors (Lipinski definition) is 0. The smallest absolute Gasteiger partial charge is 0.229 e. The molecule has 1 saturated heterocycles. The number of rotatable bonds is 3. The van der Waals surface area contributed by atoms with Crippen LogP contribution in [0.15, 0.2) is 24.3 Å². The van der Waals surface area contributed by atoms with E-state index in [9.17, 15) is 4.79 Å². The average molecular weight is 347 g/mol. The van der Waals surface area contributed by atoms with Crippen molar-refractivity contribution in [2.24, 2.45) is 5.41 Å². The van der Waals surface area contributed by atoms with Crippen LogP contribution in [0.3, 0.4) is 0 Å². The first-order valence-electron chi connectivity index (χ1n) is 8.68. The molecular formula is C19H23ClN2O2. The molecule has 0 aromatic heterocycles. The van der Waals surface area contributed by atoms with E-state index in [1.165, 1.54) is 6.42 Å². The molecule has 1 aromatic rings.